The van der Waals surface area contributed by atoms with Gasteiger partial charge in [-0.15, -0.1) is 0 Å². The normalized spacial score (nSPS) is 21.0. The van der Waals surface area contributed by atoms with E-state index in [2.05, 4.69) is 5.32 Å². The number of para-hydroxylation sites is 1. The molecule has 0 spiro atoms. The SMILES string of the molecule is OCCc1ccccc1OCC(CO)(NC1CC1)C1CC1. The monoisotopic (exact) mass is 291 g/mol. The first-order chi connectivity index (χ1) is 10.3. The highest BCUT2D eigenvalue weighted by molar-refractivity contribution is 5.33. The summed E-state index contributed by atoms with van der Waals surface area (Å²) in [6, 6.07) is 8.38. The Kier molecular flexibility index (Phi) is 4.48. The van der Waals surface area contributed by atoms with Gasteiger partial charge in [-0.05, 0) is 49.7 Å². The Hall–Kier alpha value is -1.10. The molecule has 3 rings (SSSR count). The smallest absolute Gasteiger partial charge is 0.122 e. The number of rotatable bonds is 9. The van der Waals surface area contributed by atoms with Crippen molar-refractivity contribution in [2.24, 2.45) is 5.92 Å². The molecule has 1 aromatic rings. The summed E-state index contributed by atoms with van der Waals surface area (Å²) in [5.74, 6) is 1.34. The van der Waals surface area contributed by atoms with Crippen LogP contribution in [0.4, 0.5) is 0 Å². The van der Waals surface area contributed by atoms with E-state index >= 15 is 0 Å². The lowest BCUT2D eigenvalue weighted by atomic mass is 9.95. The maximum atomic E-state index is 9.93. The Bertz CT molecular complexity index is 471. The van der Waals surface area contributed by atoms with Crippen LogP contribution < -0.4 is 10.1 Å². The highest BCUT2D eigenvalue weighted by Gasteiger charge is 2.48. The Morgan fingerprint density at radius 3 is 2.52 bits per heavy atom. The molecule has 2 fully saturated rings. The number of ether oxygens (including phenoxy) is 1. The third-order valence-corrected chi connectivity index (χ3v) is 4.55. The van der Waals surface area contributed by atoms with Crippen molar-refractivity contribution in [2.45, 2.75) is 43.7 Å². The molecule has 3 N–H and O–H groups in total. The summed E-state index contributed by atoms with van der Waals surface area (Å²) in [5, 5.41) is 22.7. The van der Waals surface area contributed by atoms with Crippen LogP contribution in [0, 0.1) is 5.92 Å². The van der Waals surface area contributed by atoms with Crippen LogP contribution in [-0.2, 0) is 6.42 Å². The minimum absolute atomic E-state index is 0.120. The van der Waals surface area contributed by atoms with Gasteiger partial charge in [-0.2, -0.15) is 0 Å². The summed E-state index contributed by atoms with van der Waals surface area (Å²) in [7, 11) is 0. The molecule has 0 heterocycles. The first-order valence-corrected chi connectivity index (χ1v) is 7.97. The first-order valence-electron chi connectivity index (χ1n) is 7.97. The van der Waals surface area contributed by atoms with Crippen molar-refractivity contribution in [1.82, 2.24) is 5.32 Å². The number of nitrogens with one attached hydrogen (secondary N) is 1. The Labute approximate surface area is 126 Å². The fourth-order valence-corrected chi connectivity index (χ4v) is 2.95. The van der Waals surface area contributed by atoms with Gasteiger partial charge >= 0.3 is 0 Å². The van der Waals surface area contributed by atoms with E-state index in [0.29, 0.717) is 25.0 Å². The number of hydrogen-bond donors (Lipinski definition) is 3. The van der Waals surface area contributed by atoms with E-state index in [9.17, 15) is 5.11 Å². The summed E-state index contributed by atoms with van der Waals surface area (Å²) >= 11 is 0. The average Bonchev–Trinajstić information content (AvgIpc) is 3.38. The number of aliphatic hydroxyl groups excluding tert-OH is 2. The van der Waals surface area contributed by atoms with Crippen molar-refractivity contribution < 1.29 is 14.9 Å². The minimum Gasteiger partial charge on any atom is -0.491 e. The predicted molar refractivity (Wildman–Crippen MR) is 81.4 cm³/mol. The van der Waals surface area contributed by atoms with E-state index in [4.69, 9.17) is 9.84 Å². The molecule has 2 saturated carbocycles. The van der Waals surface area contributed by atoms with E-state index in [-0.39, 0.29) is 18.8 Å². The molecule has 0 aliphatic heterocycles. The summed E-state index contributed by atoms with van der Waals surface area (Å²) in [5.41, 5.74) is 0.724. The fourth-order valence-electron chi connectivity index (χ4n) is 2.95. The third-order valence-electron chi connectivity index (χ3n) is 4.55. The van der Waals surface area contributed by atoms with Crippen molar-refractivity contribution in [1.29, 1.82) is 0 Å². The predicted octanol–water partition coefficient (Wildman–Crippen LogP) is 1.49. The summed E-state index contributed by atoms with van der Waals surface area (Å²) in [6.45, 7) is 0.734. The van der Waals surface area contributed by atoms with Gasteiger partial charge in [0.2, 0.25) is 0 Å². The van der Waals surface area contributed by atoms with Crippen LogP contribution >= 0.6 is 0 Å². The van der Waals surface area contributed by atoms with Gasteiger partial charge in [0.05, 0.1) is 12.1 Å². The van der Waals surface area contributed by atoms with Gasteiger partial charge in [0.15, 0.2) is 0 Å². The van der Waals surface area contributed by atoms with E-state index in [1.165, 1.54) is 25.7 Å². The number of hydrogen-bond acceptors (Lipinski definition) is 4. The number of benzene rings is 1. The molecule has 21 heavy (non-hydrogen) atoms. The summed E-state index contributed by atoms with van der Waals surface area (Å²) in [4.78, 5) is 0. The van der Waals surface area contributed by atoms with Crippen LogP contribution in [0.2, 0.25) is 0 Å². The van der Waals surface area contributed by atoms with Crippen molar-refractivity contribution in [3.05, 3.63) is 29.8 Å². The van der Waals surface area contributed by atoms with Gasteiger partial charge in [0, 0.05) is 12.6 Å². The molecule has 4 heteroatoms. The zero-order valence-corrected chi connectivity index (χ0v) is 12.4. The Morgan fingerprint density at radius 1 is 1.14 bits per heavy atom. The lowest BCUT2D eigenvalue weighted by Gasteiger charge is -2.33. The third kappa shape index (κ3) is 3.57. The standard InChI is InChI=1S/C17H25NO3/c19-10-9-13-3-1-2-4-16(13)21-12-17(11-20,14-5-6-14)18-15-7-8-15/h1-4,14-15,18-20H,5-12H2. The summed E-state index contributed by atoms with van der Waals surface area (Å²) < 4.78 is 6.04. The van der Waals surface area contributed by atoms with Gasteiger partial charge in [-0.25, -0.2) is 0 Å². The molecule has 0 aromatic heterocycles. The highest BCUT2D eigenvalue weighted by Crippen LogP contribution is 2.41. The second-order valence-corrected chi connectivity index (χ2v) is 6.38. The van der Waals surface area contributed by atoms with Crippen LogP contribution in [-0.4, -0.2) is 41.6 Å². The largest absolute Gasteiger partial charge is 0.491 e. The molecule has 1 aromatic carbocycles. The average molecular weight is 291 g/mol. The molecule has 0 saturated heterocycles. The van der Waals surface area contributed by atoms with Crippen LogP contribution in [0.1, 0.15) is 31.2 Å². The van der Waals surface area contributed by atoms with Crippen LogP contribution in [0.25, 0.3) is 0 Å². The highest BCUT2D eigenvalue weighted by atomic mass is 16.5. The zero-order valence-electron chi connectivity index (χ0n) is 12.4. The van der Waals surface area contributed by atoms with E-state index in [1.54, 1.807) is 0 Å². The van der Waals surface area contributed by atoms with Crippen LogP contribution in [0.3, 0.4) is 0 Å². The molecule has 2 aliphatic carbocycles. The van der Waals surface area contributed by atoms with Gasteiger partial charge in [0.1, 0.15) is 12.4 Å². The topological polar surface area (TPSA) is 61.7 Å². The quantitative estimate of drug-likeness (QED) is 0.645. The molecular formula is C17H25NO3. The molecule has 4 nitrogen and oxygen atoms in total. The first kappa shape index (κ1) is 14.8. The molecule has 1 unspecified atom stereocenters. The van der Waals surface area contributed by atoms with Gasteiger partial charge in [0.25, 0.3) is 0 Å². The Morgan fingerprint density at radius 2 is 1.90 bits per heavy atom. The van der Waals surface area contributed by atoms with Gasteiger partial charge in [-0.1, -0.05) is 18.2 Å². The van der Waals surface area contributed by atoms with E-state index < -0.39 is 0 Å². The van der Waals surface area contributed by atoms with E-state index in [1.807, 2.05) is 24.3 Å². The fraction of sp³-hybridized carbons (Fsp3) is 0.647. The number of aliphatic hydroxyl groups is 2. The summed E-state index contributed by atoms with van der Waals surface area (Å²) in [6.07, 6.45) is 5.34. The lowest BCUT2D eigenvalue weighted by molar-refractivity contribution is 0.0826. The molecule has 0 radical (unpaired) electrons. The van der Waals surface area contributed by atoms with Crippen LogP contribution in [0.5, 0.6) is 5.75 Å². The van der Waals surface area contributed by atoms with Gasteiger partial charge < -0.3 is 20.3 Å². The van der Waals surface area contributed by atoms with Crippen molar-refractivity contribution in [2.75, 3.05) is 19.8 Å². The molecular weight excluding hydrogens is 266 g/mol. The molecule has 0 bridgehead atoms. The molecule has 2 aliphatic rings. The minimum atomic E-state index is -0.298. The van der Waals surface area contributed by atoms with Gasteiger partial charge in [-0.3, -0.25) is 0 Å². The Balaban J connectivity index is 1.68. The molecule has 116 valence electrons. The second kappa shape index (κ2) is 6.34. The second-order valence-electron chi connectivity index (χ2n) is 6.38. The van der Waals surface area contributed by atoms with E-state index in [0.717, 1.165) is 11.3 Å². The molecule has 0 amide bonds. The van der Waals surface area contributed by atoms with Crippen LogP contribution in [0.15, 0.2) is 24.3 Å². The zero-order chi connectivity index (χ0) is 14.7. The van der Waals surface area contributed by atoms with Crippen molar-refractivity contribution >= 4 is 0 Å². The van der Waals surface area contributed by atoms with Crippen molar-refractivity contribution in [3.63, 3.8) is 0 Å². The lowest BCUT2D eigenvalue weighted by Crippen LogP contribution is -2.56. The maximum absolute atomic E-state index is 9.93. The van der Waals surface area contributed by atoms with Crippen molar-refractivity contribution in [3.8, 4) is 5.75 Å². The molecule has 1 atom stereocenters. The maximum Gasteiger partial charge on any atom is 0.122 e.